The van der Waals surface area contributed by atoms with E-state index in [9.17, 15) is 4.39 Å². The number of hydrogen-bond acceptors (Lipinski definition) is 2. The Morgan fingerprint density at radius 1 is 1.59 bits per heavy atom. The smallest absolute Gasteiger partial charge is 0.140 e. The summed E-state index contributed by atoms with van der Waals surface area (Å²) in [6.45, 7) is 3.15. The molecule has 0 aliphatic carbocycles. The molecule has 0 amide bonds. The Bertz CT molecular complexity index is 541. The third-order valence-electron chi connectivity index (χ3n) is 3.53. The van der Waals surface area contributed by atoms with Gasteiger partial charge < -0.3 is 9.72 Å². The molecular formula is C13H16FN3. The summed E-state index contributed by atoms with van der Waals surface area (Å²) in [5.41, 5.74) is 2.90. The van der Waals surface area contributed by atoms with Crippen molar-refractivity contribution in [2.24, 2.45) is 0 Å². The summed E-state index contributed by atoms with van der Waals surface area (Å²) < 4.78 is 15.1. The van der Waals surface area contributed by atoms with Crippen LogP contribution in [0.2, 0.25) is 0 Å². The monoisotopic (exact) mass is 233 g/mol. The lowest BCUT2D eigenvalue weighted by molar-refractivity contribution is 0.595. The van der Waals surface area contributed by atoms with Gasteiger partial charge in [-0.15, -0.1) is 0 Å². The molecular weight excluding hydrogens is 217 g/mol. The molecule has 0 saturated carbocycles. The number of nitrogens with one attached hydrogen (secondary N) is 1. The molecule has 1 N–H and O–H groups in total. The Morgan fingerprint density at radius 2 is 2.47 bits per heavy atom. The van der Waals surface area contributed by atoms with Gasteiger partial charge >= 0.3 is 0 Å². The van der Waals surface area contributed by atoms with Crippen LogP contribution in [0.25, 0.3) is 5.65 Å². The lowest BCUT2D eigenvalue weighted by Gasteiger charge is -2.07. The minimum atomic E-state index is -0.229. The molecule has 0 radical (unpaired) electrons. The number of rotatable bonds is 2. The van der Waals surface area contributed by atoms with E-state index in [1.165, 1.54) is 25.0 Å². The van der Waals surface area contributed by atoms with E-state index >= 15 is 0 Å². The van der Waals surface area contributed by atoms with Crippen molar-refractivity contribution in [2.75, 3.05) is 6.54 Å². The number of hydrogen-bond donors (Lipinski definition) is 1. The lowest BCUT2D eigenvalue weighted by Crippen LogP contribution is -2.24. The van der Waals surface area contributed by atoms with Crippen LogP contribution in [-0.2, 0) is 6.42 Å². The molecule has 2 aromatic heterocycles. The zero-order chi connectivity index (χ0) is 11.8. The van der Waals surface area contributed by atoms with E-state index in [0.29, 0.717) is 11.7 Å². The highest BCUT2D eigenvalue weighted by molar-refractivity contribution is 5.43. The van der Waals surface area contributed by atoms with Crippen molar-refractivity contribution in [3.05, 3.63) is 35.5 Å². The van der Waals surface area contributed by atoms with Gasteiger partial charge in [-0.2, -0.15) is 0 Å². The van der Waals surface area contributed by atoms with E-state index in [1.54, 1.807) is 6.20 Å². The van der Waals surface area contributed by atoms with Crippen LogP contribution in [-0.4, -0.2) is 22.0 Å². The first-order chi connectivity index (χ1) is 8.24. The number of pyridine rings is 1. The van der Waals surface area contributed by atoms with Gasteiger partial charge in [-0.3, -0.25) is 0 Å². The molecule has 1 fully saturated rings. The number of aryl methyl sites for hydroxylation is 1. The molecule has 0 bridgehead atoms. The van der Waals surface area contributed by atoms with Gasteiger partial charge in [-0.25, -0.2) is 9.37 Å². The lowest BCUT2D eigenvalue weighted by atomic mass is 10.1. The molecule has 1 aliphatic rings. The van der Waals surface area contributed by atoms with E-state index in [-0.39, 0.29) is 5.82 Å². The highest BCUT2D eigenvalue weighted by Gasteiger charge is 2.18. The SMILES string of the molecule is Cc1c(CC2CCCN2)nc2cc(F)ccn12. The molecule has 0 spiro atoms. The molecule has 2 aromatic rings. The predicted octanol–water partition coefficient (Wildman–Crippen LogP) is 2.08. The van der Waals surface area contributed by atoms with Gasteiger partial charge in [-0.1, -0.05) is 0 Å². The van der Waals surface area contributed by atoms with E-state index in [1.807, 2.05) is 11.3 Å². The highest BCUT2D eigenvalue weighted by Crippen LogP contribution is 2.17. The van der Waals surface area contributed by atoms with Crippen LogP contribution in [0, 0.1) is 12.7 Å². The fourth-order valence-electron chi connectivity index (χ4n) is 2.55. The van der Waals surface area contributed by atoms with Crippen LogP contribution < -0.4 is 5.32 Å². The summed E-state index contributed by atoms with van der Waals surface area (Å²) in [6.07, 6.45) is 5.14. The first-order valence-electron chi connectivity index (χ1n) is 6.10. The largest absolute Gasteiger partial charge is 0.314 e. The summed E-state index contributed by atoms with van der Waals surface area (Å²) in [5.74, 6) is -0.229. The molecule has 90 valence electrons. The van der Waals surface area contributed by atoms with Gasteiger partial charge in [0.05, 0.1) is 5.69 Å². The Balaban J connectivity index is 1.96. The van der Waals surface area contributed by atoms with E-state index in [0.717, 1.165) is 24.4 Å². The second-order valence-electron chi connectivity index (χ2n) is 4.71. The summed E-state index contributed by atoms with van der Waals surface area (Å²) in [6, 6.07) is 3.49. The number of nitrogens with zero attached hydrogens (tertiary/aromatic N) is 2. The predicted molar refractivity (Wildman–Crippen MR) is 64.6 cm³/mol. The zero-order valence-corrected chi connectivity index (χ0v) is 9.91. The van der Waals surface area contributed by atoms with Crippen molar-refractivity contribution >= 4 is 5.65 Å². The second-order valence-corrected chi connectivity index (χ2v) is 4.71. The van der Waals surface area contributed by atoms with E-state index in [2.05, 4.69) is 10.3 Å². The number of imidazole rings is 1. The van der Waals surface area contributed by atoms with Gasteiger partial charge in [0.15, 0.2) is 0 Å². The van der Waals surface area contributed by atoms with Gasteiger partial charge in [0, 0.05) is 30.4 Å². The van der Waals surface area contributed by atoms with Crippen molar-refractivity contribution in [1.29, 1.82) is 0 Å². The third kappa shape index (κ3) is 1.93. The second kappa shape index (κ2) is 4.11. The molecule has 17 heavy (non-hydrogen) atoms. The maximum atomic E-state index is 13.1. The topological polar surface area (TPSA) is 29.3 Å². The Kier molecular flexibility index (Phi) is 2.59. The molecule has 1 aliphatic heterocycles. The number of aromatic nitrogens is 2. The van der Waals surface area contributed by atoms with Crippen molar-refractivity contribution in [3.8, 4) is 0 Å². The maximum Gasteiger partial charge on any atom is 0.140 e. The molecule has 3 heterocycles. The molecule has 1 atom stereocenters. The number of halogens is 1. The zero-order valence-electron chi connectivity index (χ0n) is 9.91. The summed E-state index contributed by atoms with van der Waals surface area (Å²) in [4.78, 5) is 4.52. The normalized spacial score (nSPS) is 20.2. The average molecular weight is 233 g/mol. The standard InChI is InChI=1S/C13H16FN3/c1-9-12(8-11-3-2-5-15-11)16-13-7-10(14)4-6-17(9)13/h4,6-7,11,15H,2-3,5,8H2,1H3. The van der Waals surface area contributed by atoms with Gasteiger partial charge in [0.25, 0.3) is 0 Å². The van der Waals surface area contributed by atoms with Crippen LogP contribution in [0.3, 0.4) is 0 Å². The molecule has 1 saturated heterocycles. The molecule has 3 nitrogen and oxygen atoms in total. The molecule has 1 unspecified atom stereocenters. The van der Waals surface area contributed by atoms with Crippen molar-refractivity contribution in [1.82, 2.24) is 14.7 Å². The first kappa shape index (κ1) is 10.7. The minimum absolute atomic E-state index is 0.229. The average Bonchev–Trinajstić information content (AvgIpc) is 2.89. The van der Waals surface area contributed by atoms with Gasteiger partial charge in [-0.05, 0) is 32.4 Å². The summed E-state index contributed by atoms with van der Waals surface area (Å²) >= 11 is 0. The first-order valence-corrected chi connectivity index (χ1v) is 6.10. The Labute approximate surface area is 99.7 Å². The van der Waals surface area contributed by atoms with E-state index in [4.69, 9.17) is 0 Å². The highest BCUT2D eigenvalue weighted by atomic mass is 19.1. The van der Waals surface area contributed by atoms with Gasteiger partial charge in [0.2, 0.25) is 0 Å². The Morgan fingerprint density at radius 3 is 3.24 bits per heavy atom. The van der Waals surface area contributed by atoms with Crippen LogP contribution >= 0.6 is 0 Å². The fourth-order valence-corrected chi connectivity index (χ4v) is 2.55. The van der Waals surface area contributed by atoms with Crippen molar-refractivity contribution in [3.63, 3.8) is 0 Å². The van der Waals surface area contributed by atoms with Crippen LogP contribution in [0.4, 0.5) is 4.39 Å². The quantitative estimate of drug-likeness (QED) is 0.860. The van der Waals surface area contributed by atoms with Crippen LogP contribution in [0.1, 0.15) is 24.2 Å². The summed E-state index contributed by atoms with van der Waals surface area (Å²) in [7, 11) is 0. The number of fused-ring (bicyclic) bond motifs is 1. The van der Waals surface area contributed by atoms with Crippen molar-refractivity contribution < 1.29 is 4.39 Å². The third-order valence-corrected chi connectivity index (χ3v) is 3.53. The van der Waals surface area contributed by atoms with E-state index < -0.39 is 0 Å². The minimum Gasteiger partial charge on any atom is -0.314 e. The van der Waals surface area contributed by atoms with Crippen molar-refractivity contribution in [2.45, 2.75) is 32.2 Å². The fraction of sp³-hybridized carbons (Fsp3) is 0.462. The molecule has 0 aromatic carbocycles. The van der Waals surface area contributed by atoms with Gasteiger partial charge in [0.1, 0.15) is 11.5 Å². The summed E-state index contributed by atoms with van der Waals surface area (Å²) in [5, 5.41) is 3.46. The van der Waals surface area contributed by atoms with Crippen LogP contribution in [0.15, 0.2) is 18.3 Å². The molecule has 4 heteroatoms. The maximum absolute atomic E-state index is 13.1. The Hall–Kier alpha value is -1.42. The van der Waals surface area contributed by atoms with Crippen LogP contribution in [0.5, 0.6) is 0 Å². The molecule has 3 rings (SSSR count).